The Morgan fingerprint density at radius 3 is 2.22 bits per heavy atom. The van der Waals surface area contributed by atoms with Gasteiger partial charge in [-0.25, -0.2) is 21.6 Å². The highest BCUT2D eigenvalue weighted by Crippen LogP contribution is 2.45. The molecule has 0 unspecified atom stereocenters. The first-order chi connectivity index (χ1) is 37.4. The minimum absolute atomic E-state index is 0. The summed E-state index contributed by atoms with van der Waals surface area (Å²) in [6, 6.07) is 26.2. The topological polar surface area (TPSA) is 144 Å². The third-order valence-electron chi connectivity index (χ3n) is 16.6. The monoisotopic (exact) mass is 1190 g/mol. The van der Waals surface area contributed by atoms with Crippen molar-refractivity contribution in [1.82, 2.24) is 24.7 Å². The molecule has 4 aromatic rings. The second kappa shape index (κ2) is 27.5. The molecule has 21 heteroatoms. The van der Waals surface area contributed by atoms with Crippen molar-refractivity contribution in [2.24, 2.45) is 17.3 Å². The lowest BCUT2D eigenvalue weighted by molar-refractivity contribution is -0.0435. The molecule has 3 N–H and O–H groups in total. The van der Waals surface area contributed by atoms with Crippen LogP contribution in [-0.2, 0) is 24.6 Å². The Morgan fingerprint density at radius 1 is 0.823 bits per heavy atom. The first-order valence-corrected chi connectivity index (χ1v) is 32.0. The van der Waals surface area contributed by atoms with Crippen molar-refractivity contribution in [3.8, 4) is 0 Å². The Bertz CT molecular complexity index is 2900. The molecule has 0 radical (unpaired) electrons. The standard InChI is InChI=1S/C58H75ClF3N7O6S3.ClH/c1-57(42-68-28-21-44(22-29-68)43-19-25-63-26-20-43)24-18-53(45-8-12-48(59)13-9-45)47(39-57)40-67-31-33-69(34-32-67)50-14-10-46(11-15-50)56(70)65-78(73,74)52-16-17-54(55(38-52)77(71,72)58(60,61)62)64-49(41-76-51-6-3-2-4-7-51)23-30-66-27-5-36-75-37-35-66;/h2-4,6-17,38,43-44,49,63-64H,5,18-37,39-42H2,1H3,(H,65,70);1H/t49-,57-;/m1./s1. The molecule has 4 fully saturated rings. The largest absolute Gasteiger partial charge is 0.501 e. The SMILES string of the molecule is C[C@@]1(CN2CCC(C3CCNCC3)CC2)CCC(c2ccc(Cl)cc2)=C(CN2CCN(c3ccc(C(=O)NS(=O)(=O)c4ccc(N[C@H](CCN5CCCOCC5)CSc5ccccc5)c(S(=O)(=O)C(F)(F)F)c4)cc3)CC2)C1.Cl. The van der Waals surface area contributed by atoms with Crippen LogP contribution in [0.25, 0.3) is 5.57 Å². The molecule has 2 atom stereocenters. The lowest BCUT2D eigenvalue weighted by Crippen LogP contribution is -2.48. The number of likely N-dealkylation sites (tertiary alicyclic amines) is 1. The lowest BCUT2D eigenvalue weighted by Gasteiger charge is -2.45. The summed E-state index contributed by atoms with van der Waals surface area (Å²) < 4.78 is 104. The number of hydrogen-bond donors (Lipinski definition) is 3. The van der Waals surface area contributed by atoms with Crippen molar-refractivity contribution >= 4 is 78.5 Å². The molecule has 1 amide bonds. The molecular weight excluding hydrogens is 1110 g/mol. The maximum atomic E-state index is 14.3. The number of sulfone groups is 1. The zero-order valence-electron chi connectivity index (χ0n) is 45.0. The molecule has 432 valence electrons. The molecule has 4 heterocycles. The number of carbonyl (C=O) groups excluding carboxylic acids is 1. The normalized spacial score (nSPS) is 21.5. The summed E-state index contributed by atoms with van der Waals surface area (Å²) in [5.41, 5.74) is -0.943. The van der Waals surface area contributed by atoms with E-state index in [1.807, 2.05) is 47.2 Å². The Labute approximate surface area is 481 Å². The second-order valence-corrected chi connectivity index (χ2v) is 27.3. The number of nitrogens with one attached hydrogen (secondary N) is 3. The van der Waals surface area contributed by atoms with E-state index in [1.165, 1.54) is 79.4 Å². The Morgan fingerprint density at radius 2 is 1.52 bits per heavy atom. The molecule has 0 bridgehead atoms. The average Bonchev–Trinajstić information content (AvgIpc) is 3.85. The van der Waals surface area contributed by atoms with Crippen molar-refractivity contribution < 1.29 is 39.5 Å². The van der Waals surface area contributed by atoms with Crippen LogP contribution in [0, 0.1) is 17.3 Å². The highest BCUT2D eigenvalue weighted by Gasteiger charge is 2.49. The first-order valence-electron chi connectivity index (χ1n) is 27.7. The molecule has 0 aromatic heterocycles. The van der Waals surface area contributed by atoms with Gasteiger partial charge in [0, 0.05) is 98.5 Å². The van der Waals surface area contributed by atoms with Crippen molar-refractivity contribution in [2.45, 2.75) is 90.9 Å². The number of thioether (sulfide) groups is 1. The van der Waals surface area contributed by atoms with E-state index in [0.717, 1.165) is 124 Å². The molecule has 79 heavy (non-hydrogen) atoms. The smallest absolute Gasteiger partial charge is 0.380 e. The van der Waals surface area contributed by atoms with Crippen molar-refractivity contribution in [2.75, 3.05) is 114 Å². The van der Waals surface area contributed by atoms with Crippen LogP contribution in [0.4, 0.5) is 24.5 Å². The van der Waals surface area contributed by atoms with Gasteiger partial charge in [-0.05, 0) is 179 Å². The predicted molar refractivity (Wildman–Crippen MR) is 313 cm³/mol. The Kier molecular flexibility index (Phi) is 21.3. The number of allylic oxidation sites excluding steroid dienone is 1. The van der Waals surface area contributed by atoms with E-state index in [4.69, 9.17) is 16.3 Å². The minimum atomic E-state index is -6.07. The van der Waals surface area contributed by atoms with Crippen LogP contribution in [0.5, 0.6) is 0 Å². The number of hydrogen-bond acceptors (Lipinski definition) is 13. The number of rotatable bonds is 19. The molecule has 1 aliphatic carbocycles. The van der Waals surface area contributed by atoms with Gasteiger partial charge < -0.3 is 30.1 Å². The summed E-state index contributed by atoms with van der Waals surface area (Å²) in [7, 11) is -10.9. The van der Waals surface area contributed by atoms with Crippen molar-refractivity contribution in [1.29, 1.82) is 0 Å². The number of nitrogens with zero attached hydrogens (tertiary/aromatic N) is 4. The number of ether oxygens (including phenoxy) is 1. The summed E-state index contributed by atoms with van der Waals surface area (Å²) in [6.07, 6.45) is 9.70. The minimum Gasteiger partial charge on any atom is -0.380 e. The highest BCUT2D eigenvalue weighted by molar-refractivity contribution is 7.99. The Hall–Kier alpha value is -3.89. The molecule has 13 nitrogen and oxygen atoms in total. The first kappa shape index (κ1) is 61.2. The van der Waals surface area contributed by atoms with Crippen LogP contribution in [0.3, 0.4) is 0 Å². The van der Waals surface area contributed by atoms with Crippen LogP contribution < -0.4 is 20.3 Å². The molecule has 0 spiro atoms. The fraction of sp³-hybridized carbons (Fsp3) is 0.534. The van der Waals surface area contributed by atoms with Gasteiger partial charge in [-0.15, -0.1) is 24.2 Å². The van der Waals surface area contributed by atoms with E-state index in [-0.39, 0.29) is 23.4 Å². The zero-order chi connectivity index (χ0) is 54.9. The van der Waals surface area contributed by atoms with Gasteiger partial charge in [0.2, 0.25) is 0 Å². The molecule has 4 saturated heterocycles. The van der Waals surface area contributed by atoms with Crippen LogP contribution in [0.2, 0.25) is 5.02 Å². The third-order valence-corrected chi connectivity index (χ3v) is 20.8. The van der Waals surface area contributed by atoms with Gasteiger partial charge in [0.1, 0.15) is 4.90 Å². The van der Waals surface area contributed by atoms with Crippen LogP contribution in [-0.4, -0.2) is 153 Å². The van der Waals surface area contributed by atoms with E-state index >= 15 is 0 Å². The average molecular weight is 1190 g/mol. The van der Waals surface area contributed by atoms with Gasteiger partial charge in [0.05, 0.1) is 17.2 Å². The number of alkyl halides is 3. The maximum Gasteiger partial charge on any atom is 0.501 e. The van der Waals surface area contributed by atoms with Crippen molar-refractivity contribution in [3.05, 3.63) is 119 Å². The van der Waals surface area contributed by atoms with Crippen LogP contribution in [0.1, 0.15) is 80.6 Å². The van der Waals surface area contributed by atoms with Gasteiger partial charge in [0.25, 0.3) is 25.8 Å². The van der Waals surface area contributed by atoms with Gasteiger partial charge in [0.15, 0.2) is 0 Å². The molecule has 5 aliphatic rings. The van der Waals surface area contributed by atoms with E-state index in [2.05, 4.69) is 49.3 Å². The number of piperazine rings is 1. The number of halogens is 5. The molecule has 4 aliphatic heterocycles. The number of sulfonamides is 1. The Balaban J connectivity index is 0.00000822. The predicted octanol–water partition coefficient (Wildman–Crippen LogP) is 10.3. The number of benzene rings is 4. The van der Waals surface area contributed by atoms with E-state index in [0.29, 0.717) is 44.5 Å². The summed E-state index contributed by atoms with van der Waals surface area (Å²) in [4.78, 5) is 22.1. The zero-order valence-corrected chi connectivity index (χ0v) is 49.1. The van der Waals surface area contributed by atoms with E-state index in [1.54, 1.807) is 12.1 Å². The second-order valence-electron chi connectivity index (χ2n) is 22.2. The van der Waals surface area contributed by atoms with E-state index < -0.39 is 52.8 Å². The van der Waals surface area contributed by atoms with Crippen LogP contribution >= 0.6 is 35.8 Å². The molecule has 4 aromatic carbocycles. The number of carbonyl (C=O) groups is 1. The van der Waals surface area contributed by atoms with Gasteiger partial charge in [-0.1, -0.05) is 54.4 Å². The van der Waals surface area contributed by atoms with Crippen LogP contribution in [0.15, 0.2) is 117 Å². The van der Waals surface area contributed by atoms with Gasteiger partial charge in [-0.3, -0.25) is 9.69 Å². The van der Waals surface area contributed by atoms with Gasteiger partial charge in [-0.2, -0.15) is 13.2 Å². The maximum absolute atomic E-state index is 14.3. The third kappa shape index (κ3) is 16.2. The molecule has 9 rings (SSSR count). The van der Waals surface area contributed by atoms with E-state index in [9.17, 15) is 34.8 Å². The number of amides is 1. The number of piperidine rings is 2. The van der Waals surface area contributed by atoms with Gasteiger partial charge >= 0.3 is 5.51 Å². The summed E-state index contributed by atoms with van der Waals surface area (Å²) in [6.45, 7) is 15.5. The molecular formula is C58H76Cl2F3N7O6S3. The summed E-state index contributed by atoms with van der Waals surface area (Å²) >= 11 is 7.81. The number of anilines is 2. The molecule has 0 saturated carbocycles. The van der Waals surface area contributed by atoms with Crippen molar-refractivity contribution in [3.63, 3.8) is 0 Å². The quantitative estimate of drug-likeness (QED) is 0.0767. The highest BCUT2D eigenvalue weighted by atomic mass is 35.5. The summed E-state index contributed by atoms with van der Waals surface area (Å²) in [5, 5.41) is 7.28. The fourth-order valence-electron chi connectivity index (χ4n) is 12.2. The fourth-order valence-corrected chi connectivity index (χ4v) is 15.3. The lowest BCUT2D eigenvalue weighted by atomic mass is 9.70. The summed E-state index contributed by atoms with van der Waals surface area (Å²) in [5.74, 6) is 1.07.